The molecule has 0 saturated carbocycles. The summed E-state index contributed by atoms with van der Waals surface area (Å²) in [6, 6.07) is 20.9. The Balaban J connectivity index is 0.000000164. The highest BCUT2D eigenvalue weighted by atomic mass is 16.5. The average molecular weight is 805 g/mol. The zero-order valence-corrected chi connectivity index (χ0v) is 34.1. The van der Waals surface area contributed by atoms with Crippen LogP contribution in [0.5, 0.6) is 0 Å². The molecule has 15 nitrogen and oxygen atoms in total. The van der Waals surface area contributed by atoms with Crippen molar-refractivity contribution >= 4 is 11.4 Å². The summed E-state index contributed by atoms with van der Waals surface area (Å²) in [7, 11) is 0. The van der Waals surface area contributed by atoms with Crippen molar-refractivity contribution < 1.29 is 14.3 Å². The zero-order valence-electron chi connectivity index (χ0n) is 34.1. The Labute approximate surface area is 343 Å². The maximum atomic E-state index is 12.7. The number of nitrogens with one attached hydrogen (secondary N) is 3. The number of benzene rings is 2. The van der Waals surface area contributed by atoms with Crippen molar-refractivity contribution in [1.29, 1.82) is 0 Å². The van der Waals surface area contributed by atoms with Crippen LogP contribution in [0.15, 0.2) is 76.4 Å². The van der Waals surface area contributed by atoms with Gasteiger partial charge in [-0.25, -0.2) is 9.50 Å². The fourth-order valence-electron chi connectivity index (χ4n) is 9.05. The van der Waals surface area contributed by atoms with Crippen LogP contribution in [0.4, 0.5) is 0 Å². The molecule has 312 valence electrons. The van der Waals surface area contributed by atoms with Crippen molar-refractivity contribution in [3.8, 4) is 0 Å². The second-order valence-corrected chi connectivity index (χ2v) is 16.8. The molecule has 5 aromatic rings. The van der Waals surface area contributed by atoms with E-state index in [-0.39, 0.29) is 47.0 Å². The predicted octanol–water partition coefficient (Wildman–Crippen LogP) is 3.99. The van der Waals surface area contributed by atoms with Crippen molar-refractivity contribution in [2.45, 2.75) is 76.9 Å². The summed E-state index contributed by atoms with van der Waals surface area (Å²) >= 11 is 0. The van der Waals surface area contributed by atoms with E-state index in [1.165, 1.54) is 11.1 Å². The van der Waals surface area contributed by atoms with E-state index >= 15 is 0 Å². The number of carbonyl (C=O) groups is 1. The molecular formula is C44H56N10O5. The number of amides is 1. The molecule has 59 heavy (non-hydrogen) atoms. The minimum Gasteiger partial charge on any atom is -0.381 e. The fourth-order valence-corrected chi connectivity index (χ4v) is 9.05. The van der Waals surface area contributed by atoms with Crippen LogP contribution in [0.3, 0.4) is 0 Å². The van der Waals surface area contributed by atoms with E-state index in [2.05, 4.69) is 103 Å². The maximum absolute atomic E-state index is 12.7. The number of aromatic nitrogens is 7. The molecule has 4 aliphatic rings. The van der Waals surface area contributed by atoms with Crippen LogP contribution in [0.1, 0.15) is 91.6 Å². The topological polar surface area (TPSA) is 176 Å². The van der Waals surface area contributed by atoms with Gasteiger partial charge in [0, 0.05) is 89.4 Å². The van der Waals surface area contributed by atoms with Gasteiger partial charge in [0.05, 0.1) is 12.7 Å². The number of H-pyrrole nitrogens is 2. The number of hydrogen-bond acceptors (Lipinski definition) is 11. The van der Waals surface area contributed by atoms with E-state index in [0.29, 0.717) is 55.2 Å². The van der Waals surface area contributed by atoms with Crippen LogP contribution in [0, 0.1) is 17.8 Å². The summed E-state index contributed by atoms with van der Waals surface area (Å²) in [5.74, 6) is 3.63. The first-order valence-corrected chi connectivity index (χ1v) is 21.2. The molecule has 0 aliphatic carbocycles. The normalized spacial score (nSPS) is 23.3. The highest BCUT2D eigenvalue weighted by Gasteiger charge is 2.35. The van der Waals surface area contributed by atoms with Crippen LogP contribution >= 0.6 is 0 Å². The number of likely N-dealkylation sites (tertiary alicyclic amines) is 2. The lowest BCUT2D eigenvalue weighted by molar-refractivity contribution is -0.128. The highest BCUT2D eigenvalue weighted by molar-refractivity contribution is 5.78. The van der Waals surface area contributed by atoms with Gasteiger partial charge in [0.25, 0.3) is 11.1 Å². The summed E-state index contributed by atoms with van der Waals surface area (Å²) in [5, 5.41) is 16.1. The van der Waals surface area contributed by atoms with Gasteiger partial charge in [0.15, 0.2) is 5.52 Å². The molecule has 7 heterocycles. The Hall–Kier alpha value is -5.09. The summed E-state index contributed by atoms with van der Waals surface area (Å²) in [6.07, 6.45) is 4.93. The van der Waals surface area contributed by atoms with E-state index in [1.54, 1.807) is 10.7 Å². The van der Waals surface area contributed by atoms with Crippen LogP contribution < -0.4 is 16.4 Å². The molecule has 4 aliphatic heterocycles. The Morgan fingerprint density at radius 1 is 0.729 bits per heavy atom. The lowest BCUT2D eigenvalue weighted by atomic mass is 9.97. The molecule has 1 unspecified atom stereocenters. The van der Waals surface area contributed by atoms with Crippen molar-refractivity contribution in [3.63, 3.8) is 0 Å². The number of carbonyl (C=O) groups excluding carboxylic acids is 1. The minimum absolute atomic E-state index is 0.0513. The zero-order chi connectivity index (χ0) is 40.7. The van der Waals surface area contributed by atoms with Crippen molar-refractivity contribution in [2.24, 2.45) is 17.8 Å². The summed E-state index contributed by atoms with van der Waals surface area (Å²) in [6.45, 7) is 12.7. The van der Waals surface area contributed by atoms with Gasteiger partial charge in [0.2, 0.25) is 5.91 Å². The maximum Gasteiger partial charge on any atom is 0.276 e. The van der Waals surface area contributed by atoms with E-state index in [4.69, 9.17) is 14.6 Å². The predicted molar refractivity (Wildman–Crippen MR) is 222 cm³/mol. The van der Waals surface area contributed by atoms with E-state index in [1.807, 2.05) is 12.1 Å². The highest BCUT2D eigenvalue weighted by Crippen LogP contribution is 2.33. The molecule has 3 aromatic heterocycles. The quantitative estimate of drug-likeness (QED) is 0.186. The monoisotopic (exact) mass is 804 g/mol. The number of imidazole rings is 1. The largest absolute Gasteiger partial charge is 0.381 e. The molecule has 0 bridgehead atoms. The average Bonchev–Trinajstić information content (AvgIpc) is 3.97. The summed E-state index contributed by atoms with van der Waals surface area (Å²) in [4.78, 5) is 52.8. The Bertz CT molecular complexity index is 2270. The van der Waals surface area contributed by atoms with Crippen LogP contribution in [0.25, 0.3) is 5.52 Å². The number of ether oxygens (including phenoxy) is 2. The van der Waals surface area contributed by atoms with Gasteiger partial charge >= 0.3 is 0 Å². The lowest BCUT2D eigenvalue weighted by Gasteiger charge is -2.21. The van der Waals surface area contributed by atoms with Crippen molar-refractivity contribution in [3.05, 3.63) is 122 Å². The minimum atomic E-state index is -0.277. The van der Waals surface area contributed by atoms with Crippen LogP contribution in [-0.2, 0) is 33.9 Å². The third-order valence-corrected chi connectivity index (χ3v) is 12.4. The molecular weight excluding hydrogens is 749 g/mol. The molecule has 15 heteroatoms. The standard InChI is InChI=1S/C22H29N5O3.C22H27N5O2/c1-15-12-27(13-16-5-3-2-4-6-16)14-18(15)20-24-22(29)19(25-26-20)11-23-21(28)17-7-9-30-10-8-17;1-15-12-26(13-16-5-3-2-4-6-16)14-18(15)20-24-22(28)19-11-23-21(27(19)25-20)17-7-9-29-10-8-17/h2-6,15,17-18H,7-14H2,1H3,(H,23,28)(H,24,26,29);2-6,11,15,17-18H,7-10,12-14H2,1H3,(H,24,25,28)/t15-,18?;15-,18-/m11/s1. The van der Waals surface area contributed by atoms with Crippen LogP contribution in [-0.4, -0.2) is 103 Å². The Kier molecular flexibility index (Phi) is 13.0. The first-order valence-electron chi connectivity index (χ1n) is 21.2. The number of fused-ring (bicyclic) bond motifs is 1. The molecule has 3 N–H and O–H groups in total. The molecule has 2 aromatic carbocycles. The van der Waals surface area contributed by atoms with Gasteiger partial charge in [-0.15, -0.1) is 10.2 Å². The Morgan fingerprint density at radius 2 is 1.29 bits per heavy atom. The number of hydrogen-bond donors (Lipinski definition) is 3. The summed E-state index contributed by atoms with van der Waals surface area (Å²) in [5.41, 5.74) is 2.98. The molecule has 4 saturated heterocycles. The smallest absolute Gasteiger partial charge is 0.276 e. The molecule has 1 amide bonds. The lowest BCUT2D eigenvalue weighted by Crippen LogP contribution is -2.36. The van der Waals surface area contributed by atoms with Crippen molar-refractivity contribution in [2.75, 3.05) is 52.6 Å². The van der Waals surface area contributed by atoms with Gasteiger partial charge in [-0.3, -0.25) is 24.2 Å². The van der Waals surface area contributed by atoms with Gasteiger partial charge < -0.3 is 24.8 Å². The SMILES string of the molecule is C[C@@H]1CN(Cc2ccccc2)CC1c1nnc(CNC(=O)C2CCOCC2)c(=O)[nH]1.C[C@@H]1CN(Cc2ccccc2)C[C@H]1c1nn2c(C3CCOCC3)ncc2c(=O)[nH]1. The van der Waals surface area contributed by atoms with Gasteiger partial charge in [0.1, 0.15) is 23.2 Å². The van der Waals surface area contributed by atoms with E-state index in [0.717, 1.165) is 77.0 Å². The molecule has 4 fully saturated rings. The van der Waals surface area contributed by atoms with E-state index < -0.39 is 0 Å². The first kappa shape index (κ1) is 40.7. The third-order valence-electron chi connectivity index (χ3n) is 12.4. The number of aromatic amines is 2. The van der Waals surface area contributed by atoms with Crippen molar-refractivity contribution in [1.82, 2.24) is 49.9 Å². The molecule has 0 spiro atoms. The molecule has 9 rings (SSSR count). The Morgan fingerprint density at radius 3 is 1.88 bits per heavy atom. The second kappa shape index (κ2) is 18.9. The van der Waals surface area contributed by atoms with E-state index in [9.17, 15) is 14.4 Å². The first-order chi connectivity index (χ1) is 28.8. The number of nitrogens with zero attached hydrogens (tertiary/aromatic N) is 7. The van der Waals surface area contributed by atoms with Gasteiger partial charge in [-0.1, -0.05) is 74.5 Å². The van der Waals surface area contributed by atoms with Crippen LogP contribution in [0.2, 0.25) is 0 Å². The second-order valence-electron chi connectivity index (χ2n) is 16.8. The van der Waals surface area contributed by atoms with Gasteiger partial charge in [-0.2, -0.15) is 5.10 Å². The molecule has 0 radical (unpaired) electrons. The fraction of sp³-hybridized carbons (Fsp3) is 0.523. The summed E-state index contributed by atoms with van der Waals surface area (Å²) < 4.78 is 12.6. The van der Waals surface area contributed by atoms with Gasteiger partial charge in [-0.05, 0) is 48.6 Å². The number of rotatable bonds is 10. The molecule has 4 atom stereocenters. The third kappa shape index (κ3) is 9.86.